The van der Waals surface area contributed by atoms with Crippen molar-refractivity contribution in [3.05, 3.63) is 33.7 Å². The highest BCUT2D eigenvalue weighted by atomic mass is 16.1. The molecule has 98 valence electrons. The fraction of sp³-hybridized carbons (Fsp3) is 0.667. The topological polar surface area (TPSA) is 34.0 Å². The Morgan fingerprint density at radius 1 is 1.22 bits per heavy atom. The molecule has 1 N–H and O–H groups in total. The number of rotatable bonds is 3. The highest BCUT2D eigenvalue weighted by molar-refractivity contribution is 5.25. The highest BCUT2D eigenvalue weighted by Gasteiger charge is 2.17. The predicted molar refractivity (Wildman–Crippen MR) is 73.0 cm³/mol. The minimum atomic E-state index is 0.187. The lowest BCUT2D eigenvalue weighted by molar-refractivity contribution is 0.363. The third-order valence-corrected chi connectivity index (χ3v) is 4.36. The van der Waals surface area contributed by atoms with E-state index in [1.54, 1.807) is 6.07 Å². The van der Waals surface area contributed by atoms with Gasteiger partial charge < -0.3 is 9.88 Å². The first kappa shape index (κ1) is 12.0. The van der Waals surface area contributed by atoms with Gasteiger partial charge in [-0.3, -0.25) is 4.79 Å². The van der Waals surface area contributed by atoms with Gasteiger partial charge >= 0.3 is 0 Å². The molecular formula is C15H22N2O. The molecule has 1 aromatic rings. The molecule has 1 aliphatic heterocycles. The molecule has 3 heteroatoms. The second-order valence-corrected chi connectivity index (χ2v) is 5.58. The summed E-state index contributed by atoms with van der Waals surface area (Å²) >= 11 is 0. The zero-order chi connectivity index (χ0) is 12.4. The van der Waals surface area contributed by atoms with Gasteiger partial charge in [-0.1, -0.05) is 12.5 Å². The average molecular weight is 246 g/mol. The van der Waals surface area contributed by atoms with Crippen LogP contribution in [0.3, 0.4) is 0 Å². The molecule has 0 spiro atoms. The summed E-state index contributed by atoms with van der Waals surface area (Å²) in [6.07, 6.45) is 8.44. The average Bonchev–Trinajstić information content (AvgIpc) is 2.87. The largest absolute Gasteiger partial charge is 0.314 e. The standard InChI is InChI=1S/C15H22N2O/c18-15-8-7-12-4-3-6-14(12)17(15)11-9-13-5-1-2-10-16-13/h7-8,13,16H,1-6,9-11H2. The SMILES string of the molecule is O=c1ccc2c(n1CCC1CCCCN1)CCC2. The van der Waals surface area contributed by atoms with Crippen LogP contribution in [0.1, 0.15) is 43.4 Å². The number of piperidine rings is 1. The molecule has 3 rings (SSSR count). The van der Waals surface area contributed by atoms with Gasteiger partial charge in [0.15, 0.2) is 0 Å². The molecule has 1 aliphatic carbocycles. The number of nitrogens with zero attached hydrogens (tertiary/aromatic N) is 1. The number of hydrogen-bond donors (Lipinski definition) is 1. The van der Waals surface area contributed by atoms with Crippen molar-refractivity contribution in [2.45, 2.75) is 57.5 Å². The number of fused-ring (bicyclic) bond motifs is 1. The summed E-state index contributed by atoms with van der Waals surface area (Å²) in [5.74, 6) is 0. The Balaban J connectivity index is 1.72. The van der Waals surface area contributed by atoms with Gasteiger partial charge in [-0.15, -0.1) is 0 Å². The van der Waals surface area contributed by atoms with Crippen molar-refractivity contribution < 1.29 is 0 Å². The number of hydrogen-bond acceptors (Lipinski definition) is 2. The molecule has 3 nitrogen and oxygen atoms in total. The summed E-state index contributed by atoms with van der Waals surface area (Å²) in [4.78, 5) is 12.0. The summed E-state index contributed by atoms with van der Waals surface area (Å²) in [6, 6.07) is 4.39. The maximum atomic E-state index is 12.0. The van der Waals surface area contributed by atoms with E-state index in [9.17, 15) is 4.79 Å². The first-order valence-electron chi connectivity index (χ1n) is 7.29. The van der Waals surface area contributed by atoms with Crippen molar-refractivity contribution in [3.8, 4) is 0 Å². The molecule has 0 amide bonds. The van der Waals surface area contributed by atoms with Crippen LogP contribution < -0.4 is 10.9 Å². The summed E-state index contributed by atoms with van der Waals surface area (Å²) < 4.78 is 2.03. The fourth-order valence-electron chi connectivity index (χ4n) is 3.33. The van der Waals surface area contributed by atoms with Gasteiger partial charge in [0.1, 0.15) is 0 Å². The molecule has 18 heavy (non-hydrogen) atoms. The van der Waals surface area contributed by atoms with E-state index >= 15 is 0 Å². The fourth-order valence-corrected chi connectivity index (χ4v) is 3.33. The smallest absolute Gasteiger partial charge is 0.250 e. The van der Waals surface area contributed by atoms with E-state index in [-0.39, 0.29) is 5.56 Å². The van der Waals surface area contributed by atoms with E-state index < -0.39 is 0 Å². The van der Waals surface area contributed by atoms with Crippen LogP contribution in [0.5, 0.6) is 0 Å². The van der Waals surface area contributed by atoms with Crippen LogP contribution in [0.4, 0.5) is 0 Å². The lowest BCUT2D eigenvalue weighted by atomic mass is 10.0. The molecule has 1 fully saturated rings. The lowest BCUT2D eigenvalue weighted by Gasteiger charge is -2.24. The van der Waals surface area contributed by atoms with Gasteiger partial charge in [0.25, 0.3) is 5.56 Å². The Kier molecular flexibility index (Phi) is 3.50. The molecule has 0 radical (unpaired) electrons. The molecule has 1 atom stereocenters. The second-order valence-electron chi connectivity index (χ2n) is 5.58. The maximum absolute atomic E-state index is 12.0. The minimum absolute atomic E-state index is 0.187. The normalized spacial score (nSPS) is 23.0. The van der Waals surface area contributed by atoms with Crippen LogP contribution in [0.25, 0.3) is 0 Å². The van der Waals surface area contributed by atoms with Gasteiger partial charge in [0.05, 0.1) is 0 Å². The molecular weight excluding hydrogens is 224 g/mol. The Morgan fingerprint density at radius 3 is 3.00 bits per heavy atom. The van der Waals surface area contributed by atoms with Crippen molar-refractivity contribution in [3.63, 3.8) is 0 Å². The molecule has 2 heterocycles. The van der Waals surface area contributed by atoms with Crippen molar-refractivity contribution in [1.29, 1.82) is 0 Å². The van der Waals surface area contributed by atoms with Crippen LogP contribution in [0.2, 0.25) is 0 Å². The summed E-state index contributed by atoms with van der Waals surface area (Å²) in [5, 5.41) is 3.56. The van der Waals surface area contributed by atoms with Crippen LogP contribution in [0.15, 0.2) is 16.9 Å². The van der Waals surface area contributed by atoms with Gasteiger partial charge in [0.2, 0.25) is 0 Å². The number of aromatic nitrogens is 1. The molecule has 1 saturated heterocycles. The van der Waals surface area contributed by atoms with E-state index in [0.717, 1.165) is 32.4 Å². The molecule has 0 aromatic carbocycles. The summed E-state index contributed by atoms with van der Waals surface area (Å²) in [6.45, 7) is 2.03. The van der Waals surface area contributed by atoms with E-state index in [0.29, 0.717) is 6.04 Å². The maximum Gasteiger partial charge on any atom is 0.250 e. The minimum Gasteiger partial charge on any atom is -0.314 e. The number of pyridine rings is 1. The Hall–Kier alpha value is -1.09. The van der Waals surface area contributed by atoms with E-state index in [2.05, 4.69) is 5.32 Å². The number of nitrogens with one attached hydrogen (secondary N) is 1. The quantitative estimate of drug-likeness (QED) is 0.883. The predicted octanol–water partition coefficient (Wildman–Crippen LogP) is 1.87. The highest BCUT2D eigenvalue weighted by Crippen LogP contribution is 2.20. The molecule has 1 aromatic heterocycles. The third kappa shape index (κ3) is 2.37. The van der Waals surface area contributed by atoms with Gasteiger partial charge in [0, 0.05) is 24.3 Å². The second kappa shape index (κ2) is 5.27. The summed E-state index contributed by atoms with van der Waals surface area (Å²) in [7, 11) is 0. The van der Waals surface area contributed by atoms with Crippen molar-refractivity contribution >= 4 is 0 Å². The van der Waals surface area contributed by atoms with Crippen LogP contribution >= 0.6 is 0 Å². The summed E-state index contributed by atoms with van der Waals surface area (Å²) in [5.41, 5.74) is 2.89. The van der Waals surface area contributed by atoms with Crippen molar-refractivity contribution in [2.24, 2.45) is 0 Å². The van der Waals surface area contributed by atoms with Crippen LogP contribution in [-0.4, -0.2) is 17.2 Å². The first-order chi connectivity index (χ1) is 8.84. The number of aryl methyl sites for hydroxylation is 1. The van der Waals surface area contributed by atoms with E-state index in [4.69, 9.17) is 0 Å². The first-order valence-corrected chi connectivity index (χ1v) is 7.29. The van der Waals surface area contributed by atoms with Gasteiger partial charge in [-0.2, -0.15) is 0 Å². The van der Waals surface area contributed by atoms with Gasteiger partial charge in [-0.25, -0.2) is 0 Å². The van der Waals surface area contributed by atoms with Crippen molar-refractivity contribution in [1.82, 2.24) is 9.88 Å². The third-order valence-electron chi connectivity index (χ3n) is 4.36. The zero-order valence-electron chi connectivity index (χ0n) is 11.0. The van der Waals surface area contributed by atoms with Crippen molar-refractivity contribution in [2.75, 3.05) is 6.54 Å². The molecule has 0 bridgehead atoms. The Labute approximate surface area is 108 Å². The Morgan fingerprint density at radius 2 is 2.17 bits per heavy atom. The van der Waals surface area contributed by atoms with Gasteiger partial charge in [-0.05, 0) is 50.6 Å². The monoisotopic (exact) mass is 246 g/mol. The van der Waals surface area contributed by atoms with E-state index in [1.165, 1.54) is 36.9 Å². The molecule has 1 unspecified atom stereocenters. The van der Waals surface area contributed by atoms with E-state index in [1.807, 2.05) is 10.6 Å². The molecule has 2 aliphatic rings. The molecule has 0 saturated carbocycles. The van der Waals surface area contributed by atoms with Crippen LogP contribution in [-0.2, 0) is 19.4 Å². The zero-order valence-corrected chi connectivity index (χ0v) is 11.0. The lowest BCUT2D eigenvalue weighted by Crippen LogP contribution is -2.36. The Bertz CT molecular complexity index is 472. The van der Waals surface area contributed by atoms with Crippen LogP contribution in [0, 0.1) is 0 Å².